The number of terminal acetylenes is 1. The topological polar surface area (TPSA) is 49.7 Å². The lowest BCUT2D eigenvalue weighted by molar-refractivity contribution is -0.0841. The molecule has 3 nitrogen and oxygen atoms in total. The van der Waals surface area contributed by atoms with Gasteiger partial charge in [-0.1, -0.05) is 72.1 Å². The number of fused-ring (bicyclic) bond motifs is 7. The summed E-state index contributed by atoms with van der Waals surface area (Å²) < 4.78 is 5.56. The lowest BCUT2D eigenvalue weighted by atomic mass is 9.41. The maximum atomic E-state index is 10.1. The number of rotatable bonds is 0. The van der Waals surface area contributed by atoms with Gasteiger partial charge in [0, 0.05) is 16.6 Å². The van der Waals surface area contributed by atoms with E-state index in [0.29, 0.717) is 5.41 Å². The van der Waals surface area contributed by atoms with Crippen LogP contribution in [0, 0.1) is 46.5 Å². The molecule has 0 saturated heterocycles. The van der Waals surface area contributed by atoms with Crippen LogP contribution in [0.5, 0.6) is 0 Å². The van der Waals surface area contributed by atoms with Gasteiger partial charge in [0.25, 0.3) is 5.95 Å². The summed E-state index contributed by atoms with van der Waals surface area (Å²) >= 11 is 0. The number of hydrogen-bond acceptors (Lipinski definition) is 3. The van der Waals surface area contributed by atoms with Crippen LogP contribution in [0.4, 0.5) is 0 Å². The largest absolute Gasteiger partial charge is 0.481 e. The van der Waals surface area contributed by atoms with Gasteiger partial charge >= 0.3 is 0 Å². The third-order valence-electron chi connectivity index (χ3n) is 9.76. The molecular weight excluding hydrogens is 408 g/mol. The van der Waals surface area contributed by atoms with Gasteiger partial charge in [-0.25, -0.2) is 0 Å². The van der Waals surface area contributed by atoms with Gasteiger partial charge in [0.2, 0.25) is 0 Å². The first-order chi connectivity index (χ1) is 15.6. The van der Waals surface area contributed by atoms with Crippen molar-refractivity contribution in [3.8, 4) is 12.5 Å². The fraction of sp³-hybridized carbons (Fsp3) is 0.667. The summed E-state index contributed by atoms with van der Waals surface area (Å²) in [6.07, 6.45) is 21.4. The van der Waals surface area contributed by atoms with Crippen LogP contribution >= 0.6 is 0 Å². The van der Waals surface area contributed by atoms with Crippen LogP contribution < -0.4 is 0 Å². The van der Waals surface area contributed by atoms with Crippen LogP contribution in [-0.2, 0) is 4.74 Å². The smallest absolute Gasteiger partial charge is 0.285 e. The van der Waals surface area contributed by atoms with Gasteiger partial charge in [0.1, 0.15) is 6.11 Å². The quantitative estimate of drug-likeness (QED) is 0.364. The van der Waals surface area contributed by atoms with Crippen LogP contribution in [0.3, 0.4) is 0 Å². The second-order valence-electron chi connectivity index (χ2n) is 11.4. The molecule has 33 heavy (non-hydrogen) atoms. The highest BCUT2D eigenvalue weighted by Crippen LogP contribution is 2.69. The van der Waals surface area contributed by atoms with E-state index in [9.17, 15) is 5.11 Å². The van der Waals surface area contributed by atoms with Crippen molar-refractivity contribution in [1.29, 1.82) is 0 Å². The van der Waals surface area contributed by atoms with E-state index in [0.717, 1.165) is 23.3 Å². The number of allylic oxidation sites excluding steroid dienone is 6. The Morgan fingerprint density at radius 3 is 2.36 bits per heavy atom. The Labute approximate surface area is 201 Å². The summed E-state index contributed by atoms with van der Waals surface area (Å²) in [7, 11) is 0. The minimum Gasteiger partial charge on any atom is -0.481 e. The van der Waals surface area contributed by atoms with E-state index < -0.39 is 0 Å². The summed E-state index contributed by atoms with van der Waals surface area (Å²) in [5.41, 5.74) is 5.83. The van der Waals surface area contributed by atoms with Crippen molar-refractivity contribution in [1.82, 2.24) is 0 Å². The van der Waals surface area contributed by atoms with Gasteiger partial charge in [-0.15, -0.1) is 0 Å². The predicted octanol–water partition coefficient (Wildman–Crippen LogP) is 8.19. The molecule has 3 heteroatoms. The van der Waals surface area contributed by atoms with Crippen LogP contribution in [0.1, 0.15) is 93.4 Å². The Balaban J connectivity index is 0.000000569. The molecular formula is C30H44O3. The highest BCUT2D eigenvalue weighted by Gasteiger charge is 2.60. The van der Waals surface area contributed by atoms with E-state index in [1.165, 1.54) is 62.2 Å². The van der Waals surface area contributed by atoms with Crippen molar-refractivity contribution in [3.63, 3.8) is 0 Å². The van der Waals surface area contributed by atoms with E-state index in [-0.39, 0.29) is 16.8 Å². The first-order valence-electron chi connectivity index (χ1n) is 12.9. The van der Waals surface area contributed by atoms with Crippen LogP contribution in [-0.4, -0.2) is 10.2 Å². The summed E-state index contributed by atoms with van der Waals surface area (Å²) in [5.74, 6) is 2.61. The third kappa shape index (κ3) is 3.94. The average Bonchev–Trinajstić information content (AvgIpc) is 2.79. The van der Waals surface area contributed by atoms with E-state index >= 15 is 0 Å². The molecule has 0 aromatic carbocycles. The van der Waals surface area contributed by atoms with Crippen molar-refractivity contribution < 1.29 is 14.9 Å². The second-order valence-corrected chi connectivity index (χ2v) is 11.4. The number of aliphatic hydroxyl groups excluding tert-OH is 2. The summed E-state index contributed by atoms with van der Waals surface area (Å²) in [4.78, 5) is 0. The Morgan fingerprint density at radius 1 is 1.03 bits per heavy atom. The van der Waals surface area contributed by atoms with Gasteiger partial charge in [0.05, 0.1) is 6.26 Å². The number of hydrogen-bond donors (Lipinski definition) is 2. The first kappa shape index (κ1) is 25.5. The predicted molar refractivity (Wildman–Crippen MR) is 136 cm³/mol. The standard InChI is InChI=1S/C26H36O2.C2H2O.C2H6/c1-16-8-10-24(3)12-13-26(5)19(20(24)14-16)9-11-25(4)21-15-28-23(27)17(2)18(21)6-7-22(25)26;1-2-3;1-2/h6-7,15-16,19-20,27H,8-14H2,1-5H3;1,3H;1-2H3. The first-order valence-corrected chi connectivity index (χ1v) is 12.9. The molecule has 0 spiro atoms. The molecule has 5 aliphatic rings. The van der Waals surface area contributed by atoms with E-state index in [4.69, 9.17) is 9.84 Å². The van der Waals surface area contributed by atoms with Gasteiger partial charge in [-0.05, 0) is 79.6 Å². The molecule has 2 N–H and O–H groups in total. The zero-order chi connectivity index (χ0) is 24.6. The van der Waals surface area contributed by atoms with Crippen molar-refractivity contribution in [2.24, 2.45) is 34.0 Å². The fourth-order valence-electron chi connectivity index (χ4n) is 7.84. The number of ether oxygens (including phenoxy) is 1. The monoisotopic (exact) mass is 452 g/mol. The minimum atomic E-state index is 0.0331. The van der Waals surface area contributed by atoms with Crippen molar-refractivity contribution in [3.05, 3.63) is 46.7 Å². The molecule has 0 aromatic rings. The zero-order valence-corrected chi connectivity index (χ0v) is 21.8. The third-order valence-corrected chi connectivity index (χ3v) is 9.76. The van der Waals surface area contributed by atoms with E-state index in [2.05, 4.69) is 46.3 Å². The summed E-state index contributed by atoms with van der Waals surface area (Å²) in [5, 5.41) is 17.2. The maximum absolute atomic E-state index is 10.1. The SMILES string of the molecule is C#CO.CC.CC1=C(O)OC=C2C1=CC=C1C2(C)CCC2C3CC(C)CCC3(C)CCC12C. The Hall–Kier alpha value is -2.08. The van der Waals surface area contributed by atoms with Crippen LogP contribution in [0.2, 0.25) is 0 Å². The molecule has 1 aliphatic heterocycles. The Morgan fingerprint density at radius 2 is 1.70 bits per heavy atom. The van der Waals surface area contributed by atoms with Gasteiger partial charge in [-0.3, -0.25) is 0 Å². The van der Waals surface area contributed by atoms with Gasteiger partial charge in [-0.2, -0.15) is 0 Å². The van der Waals surface area contributed by atoms with E-state index in [1.807, 2.05) is 27.0 Å². The van der Waals surface area contributed by atoms with Crippen molar-refractivity contribution in [2.75, 3.05) is 0 Å². The zero-order valence-electron chi connectivity index (χ0n) is 21.8. The number of aliphatic hydroxyl groups is 2. The highest BCUT2D eigenvalue weighted by molar-refractivity contribution is 5.59. The molecule has 3 fully saturated rings. The summed E-state index contributed by atoms with van der Waals surface area (Å²) in [6, 6.07) is 0. The van der Waals surface area contributed by atoms with E-state index in [1.54, 1.807) is 5.57 Å². The van der Waals surface area contributed by atoms with Crippen LogP contribution in [0.25, 0.3) is 0 Å². The molecule has 0 aromatic heterocycles. The molecule has 0 bridgehead atoms. The lowest BCUT2D eigenvalue weighted by Gasteiger charge is -2.64. The van der Waals surface area contributed by atoms with Crippen molar-refractivity contribution >= 4 is 0 Å². The molecule has 182 valence electrons. The summed E-state index contributed by atoms with van der Waals surface area (Å²) in [6.45, 7) is 16.0. The highest BCUT2D eigenvalue weighted by atomic mass is 16.6. The van der Waals surface area contributed by atoms with Gasteiger partial charge in [0.15, 0.2) is 0 Å². The minimum absolute atomic E-state index is 0.0331. The lowest BCUT2D eigenvalue weighted by Crippen LogP contribution is -2.55. The van der Waals surface area contributed by atoms with Gasteiger partial charge < -0.3 is 14.9 Å². The Kier molecular flexibility index (Phi) is 7.18. The normalized spacial score (nSPS) is 40.7. The molecule has 6 unspecified atom stereocenters. The molecule has 0 radical (unpaired) electrons. The molecule has 0 amide bonds. The average molecular weight is 453 g/mol. The molecule has 3 saturated carbocycles. The van der Waals surface area contributed by atoms with Crippen molar-refractivity contribution in [2.45, 2.75) is 93.4 Å². The molecule has 4 aliphatic carbocycles. The fourth-order valence-corrected chi connectivity index (χ4v) is 7.84. The second kappa shape index (κ2) is 9.28. The molecule has 1 heterocycles. The maximum Gasteiger partial charge on any atom is 0.285 e. The Bertz CT molecular complexity index is 929. The molecule has 5 rings (SSSR count). The van der Waals surface area contributed by atoms with Crippen LogP contribution in [0.15, 0.2) is 46.7 Å². The molecule has 6 atom stereocenters.